The van der Waals surface area contributed by atoms with Crippen LogP contribution in [0.25, 0.3) is 5.65 Å². The van der Waals surface area contributed by atoms with E-state index in [1.165, 1.54) is 38.9 Å². The average molecular weight is 449 g/mol. The SMILES string of the molecule is O=c1cc(CN2CCN(Cc3cc(P)ccc3P)CC2)nc2c(O)cc(Cl)cn12. The van der Waals surface area contributed by atoms with Crippen LogP contribution in [0, 0.1) is 0 Å². The van der Waals surface area contributed by atoms with Crippen molar-refractivity contribution in [2.24, 2.45) is 0 Å². The molecule has 0 amide bonds. The molecule has 3 aromatic rings. The molecule has 0 saturated carbocycles. The molecule has 0 aliphatic carbocycles. The van der Waals surface area contributed by atoms with E-state index >= 15 is 0 Å². The van der Waals surface area contributed by atoms with Crippen molar-refractivity contribution in [2.45, 2.75) is 13.1 Å². The van der Waals surface area contributed by atoms with E-state index in [4.69, 9.17) is 11.6 Å². The van der Waals surface area contributed by atoms with Gasteiger partial charge in [-0.3, -0.25) is 19.0 Å². The Hall–Kier alpha value is -1.55. The number of pyridine rings is 1. The minimum absolute atomic E-state index is 0.0918. The lowest BCUT2D eigenvalue weighted by Crippen LogP contribution is -2.46. The van der Waals surface area contributed by atoms with Crippen LogP contribution in [-0.2, 0) is 13.1 Å². The smallest absolute Gasteiger partial charge is 0.258 e. The van der Waals surface area contributed by atoms with Gasteiger partial charge in [0.15, 0.2) is 11.4 Å². The van der Waals surface area contributed by atoms with Crippen LogP contribution in [0.2, 0.25) is 5.02 Å². The molecule has 0 radical (unpaired) electrons. The van der Waals surface area contributed by atoms with Gasteiger partial charge in [0, 0.05) is 57.6 Å². The predicted molar refractivity (Wildman–Crippen MR) is 124 cm³/mol. The van der Waals surface area contributed by atoms with Gasteiger partial charge in [0.1, 0.15) is 0 Å². The number of halogens is 1. The van der Waals surface area contributed by atoms with Crippen molar-refractivity contribution in [3.8, 4) is 5.75 Å². The predicted octanol–water partition coefficient (Wildman–Crippen LogP) is 1.37. The lowest BCUT2D eigenvalue weighted by Gasteiger charge is -2.34. The normalized spacial score (nSPS) is 15.8. The molecule has 9 heteroatoms. The van der Waals surface area contributed by atoms with Crippen molar-refractivity contribution in [1.29, 1.82) is 0 Å². The van der Waals surface area contributed by atoms with Crippen molar-refractivity contribution < 1.29 is 5.11 Å². The Bertz CT molecular complexity index is 1110. The lowest BCUT2D eigenvalue weighted by molar-refractivity contribution is 0.121. The minimum atomic E-state index is -0.244. The van der Waals surface area contributed by atoms with Gasteiger partial charge in [0.2, 0.25) is 0 Å². The van der Waals surface area contributed by atoms with Gasteiger partial charge in [-0.2, -0.15) is 0 Å². The quantitative estimate of drug-likeness (QED) is 0.611. The fraction of sp³-hybridized carbons (Fsp3) is 0.300. The molecular weight excluding hydrogens is 426 g/mol. The van der Waals surface area contributed by atoms with Gasteiger partial charge in [-0.25, -0.2) is 4.98 Å². The largest absolute Gasteiger partial charge is 0.504 e. The molecule has 1 saturated heterocycles. The van der Waals surface area contributed by atoms with Crippen molar-refractivity contribution in [3.05, 3.63) is 63.2 Å². The summed E-state index contributed by atoms with van der Waals surface area (Å²) < 4.78 is 1.28. The molecular formula is C20H23ClN4O2P2. The molecule has 1 N–H and O–H groups in total. The number of aromatic hydroxyl groups is 1. The number of rotatable bonds is 4. The van der Waals surface area contributed by atoms with Crippen molar-refractivity contribution in [2.75, 3.05) is 26.2 Å². The van der Waals surface area contributed by atoms with E-state index in [0.29, 0.717) is 17.3 Å². The van der Waals surface area contributed by atoms with Gasteiger partial charge in [-0.05, 0) is 22.2 Å². The highest BCUT2D eigenvalue weighted by atomic mass is 35.5. The maximum absolute atomic E-state index is 12.4. The third-order valence-electron chi connectivity index (χ3n) is 5.17. The summed E-state index contributed by atoms with van der Waals surface area (Å²) in [7, 11) is 5.57. The zero-order chi connectivity index (χ0) is 20.5. The molecule has 1 aliphatic rings. The van der Waals surface area contributed by atoms with E-state index in [1.807, 2.05) is 0 Å². The van der Waals surface area contributed by atoms with Crippen molar-refractivity contribution >= 4 is 46.3 Å². The molecule has 0 bridgehead atoms. The summed E-state index contributed by atoms with van der Waals surface area (Å²) in [6.07, 6.45) is 1.47. The second-order valence-electron chi connectivity index (χ2n) is 7.33. The topological polar surface area (TPSA) is 61.1 Å². The number of fused-ring (bicyclic) bond motifs is 1. The summed E-state index contributed by atoms with van der Waals surface area (Å²) >= 11 is 5.92. The Labute approximate surface area is 178 Å². The number of piperazine rings is 1. The third-order valence-corrected chi connectivity index (χ3v) is 6.30. The Balaban J connectivity index is 1.42. The monoisotopic (exact) mass is 448 g/mol. The average Bonchev–Trinajstić information content (AvgIpc) is 2.67. The van der Waals surface area contributed by atoms with Crippen LogP contribution in [0.3, 0.4) is 0 Å². The zero-order valence-corrected chi connectivity index (χ0v) is 18.9. The fourth-order valence-electron chi connectivity index (χ4n) is 3.62. The number of benzene rings is 1. The standard InChI is InChI=1S/C20H23ClN4O2P2/c21-14-8-17(26)20-22-15(9-19(27)25(20)11-14)12-24-5-3-23(4-6-24)10-13-7-16(28)1-2-18(13)29/h1-2,7-9,11,26H,3-6,10,12,28-29H2. The highest BCUT2D eigenvalue weighted by molar-refractivity contribution is 7.28. The number of hydrogen-bond donors (Lipinski definition) is 1. The molecule has 0 spiro atoms. The minimum Gasteiger partial charge on any atom is -0.504 e. The van der Waals surface area contributed by atoms with Crippen LogP contribution in [-0.4, -0.2) is 50.5 Å². The summed E-state index contributed by atoms with van der Waals surface area (Å²) in [6.45, 7) is 5.23. The third kappa shape index (κ3) is 4.79. The van der Waals surface area contributed by atoms with Gasteiger partial charge >= 0.3 is 0 Å². The fourth-order valence-corrected chi connectivity index (χ4v) is 4.39. The maximum Gasteiger partial charge on any atom is 0.258 e. The first-order valence-electron chi connectivity index (χ1n) is 9.38. The van der Waals surface area contributed by atoms with E-state index in [0.717, 1.165) is 32.7 Å². The molecule has 1 aromatic carbocycles. The second kappa shape index (κ2) is 8.67. The van der Waals surface area contributed by atoms with Crippen LogP contribution in [0.4, 0.5) is 0 Å². The summed E-state index contributed by atoms with van der Waals surface area (Å²) in [5.74, 6) is -0.0918. The highest BCUT2D eigenvalue weighted by Crippen LogP contribution is 2.21. The molecule has 2 aromatic heterocycles. The van der Waals surface area contributed by atoms with E-state index in [9.17, 15) is 9.90 Å². The van der Waals surface area contributed by atoms with Crippen LogP contribution >= 0.6 is 30.1 Å². The molecule has 3 heterocycles. The van der Waals surface area contributed by atoms with Crippen LogP contribution < -0.4 is 16.2 Å². The number of nitrogens with zero attached hydrogens (tertiary/aromatic N) is 4. The van der Waals surface area contributed by atoms with E-state index < -0.39 is 0 Å². The summed E-state index contributed by atoms with van der Waals surface area (Å²) in [4.78, 5) is 21.6. The Morgan fingerprint density at radius 2 is 1.72 bits per heavy atom. The summed E-state index contributed by atoms with van der Waals surface area (Å²) in [6, 6.07) is 9.35. The Morgan fingerprint density at radius 1 is 1.03 bits per heavy atom. The molecule has 29 heavy (non-hydrogen) atoms. The maximum atomic E-state index is 12.4. The zero-order valence-electron chi connectivity index (χ0n) is 15.9. The van der Waals surface area contributed by atoms with Gasteiger partial charge in [-0.15, -0.1) is 18.5 Å². The lowest BCUT2D eigenvalue weighted by atomic mass is 10.2. The molecule has 4 rings (SSSR count). The van der Waals surface area contributed by atoms with Crippen molar-refractivity contribution in [1.82, 2.24) is 19.2 Å². The first kappa shape index (κ1) is 20.7. The second-order valence-corrected chi connectivity index (χ2v) is 9.06. The molecule has 2 unspecified atom stereocenters. The van der Waals surface area contributed by atoms with Crippen LogP contribution in [0.15, 0.2) is 41.3 Å². The van der Waals surface area contributed by atoms with E-state index in [2.05, 4.69) is 51.5 Å². The van der Waals surface area contributed by atoms with Gasteiger partial charge in [0.05, 0.1) is 10.7 Å². The Kier molecular flexibility index (Phi) is 6.19. The molecule has 1 fully saturated rings. The first-order valence-corrected chi connectivity index (χ1v) is 10.9. The van der Waals surface area contributed by atoms with E-state index in [-0.39, 0.29) is 17.0 Å². The van der Waals surface area contributed by atoms with Crippen LogP contribution in [0.1, 0.15) is 11.3 Å². The molecule has 1 aliphatic heterocycles. The van der Waals surface area contributed by atoms with Gasteiger partial charge < -0.3 is 5.11 Å². The number of aromatic nitrogens is 2. The molecule has 2 atom stereocenters. The first-order chi connectivity index (χ1) is 13.9. The summed E-state index contributed by atoms with van der Waals surface area (Å²) in [5, 5.41) is 12.8. The van der Waals surface area contributed by atoms with Crippen LogP contribution in [0.5, 0.6) is 5.75 Å². The van der Waals surface area contributed by atoms with Crippen molar-refractivity contribution in [3.63, 3.8) is 0 Å². The summed E-state index contributed by atoms with van der Waals surface area (Å²) in [5.41, 5.74) is 1.98. The van der Waals surface area contributed by atoms with Gasteiger partial charge in [-0.1, -0.05) is 23.7 Å². The Morgan fingerprint density at radius 3 is 2.45 bits per heavy atom. The van der Waals surface area contributed by atoms with E-state index in [1.54, 1.807) is 0 Å². The molecule has 152 valence electrons. The highest BCUT2D eigenvalue weighted by Gasteiger charge is 2.19. The number of hydrogen-bond acceptors (Lipinski definition) is 5. The van der Waals surface area contributed by atoms with Gasteiger partial charge in [0.25, 0.3) is 5.56 Å². The molecule has 6 nitrogen and oxygen atoms in total.